The number of hydrogen-bond donors (Lipinski definition) is 2. The zero-order valence-electron chi connectivity index (χ0n) is 17.9. The van der Waals surface area contributed by atoms with Crippen LogP contribution in [-0.2, 0) is 28.6 Å². The van der Waals surface area contributed by atoms with Crippen LogP contribution in [0.15, 0.2) is 29.2 Å². The molecule has 0 aliphatic heterocycles. The van der Waals surface area contributed by atoms with E-state index in [1.165, 1.54) is 19.1 Å². The summed E-state index contributed by atoms with van der Waals surface area (Å²) in [6, 6.07) is 6.33. The molecule has 2 N–H and O–H groups in total. The van der Waals surface area contributed by atoms with Crippen molar-refractivity contribution < 1.29 is 32.1 Å². The predicted molar refractivity (Wildman–Crippen MR) is 112 cm³/mol. The Morgan fingerprint density at radius 2 is 1.66 bits per heavy atom. The molecule has 0 amide bonds. The molecule has 0 saturated carbocycles. The predicted octanol–water partition coefficient (Wildman–Crippen LogP) is 3.43. The van der Waals surface area contributed by atoms with Gasteiger partial charge in [-0.15, -0.1) is 0 Å². The Kier molecular flexibility index (Phi) is 10.5. The van der Waals surface area contributed by atoms with Gasteiger partial charge in [0.15, 0.2) is 0 Å². The van der Waals surface area contributed by atoms with Gasteiger partial charge in [0.1, 0.15) is 5.78 Å². The lowest BCUT2D eigenvalue weighted by Gasteiger charge is -2.40. The number of aryl methyl sites for hydroxylation is 1. The van der Waals surface area contributed by atoms with E-state index in [0.717, 1.165) is 5.56 Å². The first-order chi connectivity index (χ1) is 13.6. The average molecular weight is 452 g/mol. The molecule has 8 nitrogen and oxygen atoms in total. The third kappa shape index (κ3) is 6.59. The molecule has 1 rings (SSSR count). The van der Waals surface area contributed by atoms with E-state index in [1.807, 2.05) is 6.92 Å². The zero-order chi connectivity index (χ0) is 22.1. The summed E-state index contributed by atoms with van der Waals surface area (Å²) in [5.41, 5.74) is -0.719. The van der Waals surface area contributed by atoms with E-state index >= 15 is 0 Å². The van der Waals surface area contributed by atoms with E-state index in [4.69, 9.17) is 14.0 Å². The molecular weight excluding hydrogens is 417 g/mol. The molecule has 10 heteroatoms. The fourth-order valence-electron chi connectivity index (χ4n) is 2.99. The quantitative estimate of drug-likeness (QED) is 0.329. The van der Waals surface area contributed by atoms with Crippen molar-refractivity contribution in [2.75, 3.05) is 26.4 Å². The lowest BCUT2D eigenvalue weighted by Crippen LogP contribution is -2.44. The number of ether oxygens (including phenoxy) is 2. The van der Waals surface area contributed by atoms with E-state index in [1.54, 1.807) is 32.9 Å². The highest BCUT2D eigenvalue weighted by atomic mass is 32.2. The monoisotopic (exact) mass is 451 g/mol. The van der Waals surface area contributed by atoms with Crippen molar-refractivity contribution in [3.05, 3.63) is 29.8 Å². The van der Waals surface area contributed by atoms with Crippen molar-refractivity contribution in [1.29, 1.82) is 0 Å². The van der Waals surface area contributed by atoms with Crippen LogP contribution < -0.4 is 4.72 Å². The summed E-state index contributed by atoms with van der Waals surface area (Å²) >= 11 is 0. The average Bonchev–Trinajstić information content (AvgIpc) is 2.65. The van der Waals surface area contributed by atoms with Crippen LogP contribution in [0.2, 0.25) is 0 Å². The topological polar surface area (TPSA) is 111 Å². The van der Waals surface area contributed by atoms with Gasteiger partial charge in [-0.3, -0.25) is 4.57 Å². The van der Waals surface area contributed by atoms with Crippen LogP contribution >= 0.6 is 7.37 Å². The van der Waals surface area contributed by atoms with Crippen LogP contribution in [0.5, 0.6) is 0 Å². The first kappa shape index (κ1) is 26.2. The number of rotatable bonds is 14. The second-order valence-corrected chi connectivity index (χ2v) is 11.2. The molecular formula is C19H34NO7PS. The second kappa shape index (κ2) is 11.6. The summed E-state index contributed by atoms with van der Waals surface area (Å²) in [7, 11) is -7.88. The molecule has 0 radical (unpaired) electrons. The third-order valence-electron chi connectivity index (χ3n) is 4.38. The van der Waals surface area contributed by atoms with Gasteiger partial charge in [-0.05, 0) is 59.6 Å². The van der Waals surface area contributed by atoms with Crippen LogP contribution in [0.4, 0.5) is 0 Å². The third-order valence-corrected chi connectivity index (χ3v) is 9.28. The molecule has 0 spiro atoms. The van der Waals surface area contributed by atoms with Crippen molar-refractivity contribution >= 4 is 17.4 Å². The maximum absolute atomic E-state index is 14.1. The van der Waals surface area contributed by atoms with Crippen LogP contribution in [0, 0.1) is 6.92 Å². The summed E-state index contributed by atoms with van der Waals surface area (Å²) in [4.78, 5) is 0.0506. The fourth-order valence-corrected chi connectivity index (χ4v) is 7.57. The molecule has 0 fully saturated rings. The molecule has 0 heterocycles. The molecule has 1 aromatic rings. The number of aliphatic hydroxyl groups excluding tert-OH is 1. The molecule has 0 bridgehead atoms. The van der Waals surface area contributed by atoms with Gasteiger partial charge < -0.3 is 19.1 Å². The lowest BCUT2D eigenvalue weighted by atomic mass is 10.2. The summed E-state index contributed by atoms with van der Waals surface area (Å²) in [5.74, 6) is -1.14. The van der Waals surface area contributed by atoms with E-state index in [2.05, 4.69) is 4.72 Å². The number of hydrogen-bond acceptors (Lipinski definition) is 7. The summed E-state index contributed by atoms with van der Waals surface area (Å²) in [5, 5.41) is 9.30. The van der Waals surface area contributed by atoms with Crippen LogP contribution in [-0.4, -0.2) is 51.3 Å². The smallest absolute Gasteiger partial charge is 0.277 e. The highest BCUT2D eigenvalue weighted by Gasteiger charge is 2.54. The van der Waals surface area contributed by atoms with Crippen molar-refractivity contribution in [2.24, 2.45) is 0 Å². The molecule has 168 valence electrons. The molecule has 2 atom stereocenters. The fraction of sp³-hybridized carbons (Fsp3) is 0.684. The Labute approximate surface area is 174 Å². The summed E-state index contributed by atoms with van der Waals surface area (Å²) in [6.45, 7) is 8.77. The minimum atomic E-state index is -3.99. The number of benzene rings is 1. The zero-order valence-corrected chi connectivity index (χ0v) is 19.6. The lowest BCUT2D eigenvalue weighted by molar-refractivity contribution is -0.168. The molecule has 0 aromatic heterocycles. The molecule has 1 unspecified atom stereocenters. The Morgan fingerprint density at radius 3 is 2.10 bits per heavy atom. The van der Waals surface area contributed by atoms with Crippen molar-refractivity contribution in [2.45, 2.75) is 63.7 Å². The van der Waals surface area contributed by atoms with E-state index in [0.29, 0.717) is 0 Å². The summed E-state index contributed by atoms with van der Waals surface area (Å²) in [6.07, 6.45) is 0.321. The van der Waals surface area contributed by atoms with Gasteiger partial charge in [-0.2, -0.15) is 4.72 Å². The number of nitrogens with one attached hydrogen (secondary N) is 1. The van der Waals surface area contributed by atoms with Crippen molar-refractivity contribution in [3.8, 4) is 0 Å². The Bertz CT molecular complexity index is 761. The van der Waals surface area contributed by atoms with Gasteiger partial charge >= 0.3 is 0 Å². The van der Waals surface area contributed by atoms with E-state index in [9.17, 15) is 18.1 Å². The van der Waals surface area contributed by atoms with Crippen LogP contribution in [0.25, 0.3) is 0 Å². The highest BCUT2D eigenvalue weighted by molar-refractivity contribution is 7.90. The van der Waals surface area contributed by atoms with Gasteiger partial charge in [0.25, 0.3) is 7.37 Å². The standard InChI is InChI=1S/C19H34NO7PS/c1-6-25-19(5,26-7-2)28(22,27-8-3)18(10-9-15-21)20-29(23,24)17-13-11-16(4)12-14-17/h11-14,18,20-21H,6-10,15H2,1-5H3/t18?,28-/m0/s1. The summed E-state index contributed by atoms with van der Waals surface area (Å²) < 4.78 is 59.6. The molecule has 29 heavy (non-hydrogen) atoms. The Balaban J connectivity index is 3.42. The minimum Gasteiger partial charge on any atom is -0.396 e. The van der Waals surface area contributed by atoms with Gasteiger partial charge in [-0.1, -0.05) is 17.7 Å². The van der Waals surface area contributed by atoms with Crippen LogP contribution in [0.3, 0.4) is 0 Å². The molecule has 1 aromatic carbocycles. The maximum atomic E-state index is 14.1. The number of aliphatic hydroxyl groups is 1. The first-order valence-corrected chi connectivity index (χ1v) is 13.0. The van der Waals surface area contributed by atoms with Crippen molar-refractivity contribution in [3.63, 3.8) is 0 Å². The van der Waals surface area contributed by atoms with Gasteiger partial charge in [-0.25, -0.2) is 8.42 Å². The van der Waals surface area contributed by atoms with Gasteiger partial charge in [0.2, 0.25) is 15.6 Å². The van der Waals surface area contributed by atoms with Gasteiger partial charge in [0, 0.05) is 19.8 Å². The Morgan fingerprint density at radius 1 is 1.10 bits per heavy atom. The second-order valence-electron chi connectivity index (χ2n) is 6.59. The SMILES string of the molecule is CCOC(C)(OCC)[P@@](=O)(OCC)C(CCCO)NS(=O)(=O)c1ccc(C)cc1. The molecule has 0 aliphatic carbocycles. The van der Waals surface area contributed by atoms with E-state index in [-0.39, 0.29) is 44.2 Å². The minimum absolute atomic E-state index is 0.0506. The maximum Gasteiger partial charge on any atom is 0.277 e. The van der Waals surface area contributed by atoms with Gasteiger partial charge in [0.05, 0.1) is 11.5 Å². The first-order valence-electron chi connectivity index (χ1n) is 9.82. The molecule has 0 saturated heterocycles. The Hall–Kier alpha value is -0.800. The largest absolute Gasteiger partial charge is 0.396 e. The van der Waals surface area contributed by atoms with Crippen LogP contribution in [0.1, 0.15) is 46.1 Å². The van der Waals surface area contributed by atoms with E-state index < -0.39 is 28.7 Å². The normalized spacial score (nSPS) is 15.8. The molecule has 0 aliphatic rings. The highest BCUT2D eigenvalue weighted by Crippen LogP contribution is 2.64. The van der Waals surface area contributed by atoms with Crippen molar-refractivity contribution in [1.82, 2.24) is 4.72 Å². The number of sulfonamides is 1.